The molecule has 0 heterocycles. The average Bonchev–Trinajstić information content (AvgIpc) is 3.19. The number of nitrogens with one attached hydrogen (secondary N) is 1. The van der Waals surface area contributed by atoms with Crippen molar-refractivity contribution in [1.82, 2.24) is 5.32 Å². The van der Waals surface area contributed by atoms with Crippen LogP contribution < -0.4 is 14.8 Å². The fourth-order valence-corrected chi connectivity index (χ4v) is 1.75. The molecule has 1 aromatic rings. The third-order valence-corrected chi connectivity index (χ3v) is 2.85. The Hall–Kier alpha value is -1.87. The van der Waals surface area contributed by atoms with Crippen LogP contribution in [0, 0.1) is 11.3 Å². The summed E-state index contributed by atoms with van der Waals surface area (Å²) in [6.07, 6.45) is 2.07. The zero-order valence-corrected chi connectivity index (χ0v) is 10.4. The van der Waals surface area contributed by atoms with Gasteiger partial charge in [-0.3, -0.25) is 5.32 Å². The van der Waals surface area contributed by atoms with Crippen LogP contribution in [0.15, 0.2) is 18.2 Å². The number of hydrogen-bond donors (Lipinski definition) is 1. The Morgan fingerprint density at radius 3 is 2.63 bits per heavy atom. The van der Waals surface area contributed by atoms with Crippen molar-refractivity contribution in [1.29, 1.82) is 5.26 Å². The highest BCUT2D eigenvalue weighted by atomic mass is 19.3. The van der Waals surface area contributed by atoms with E-state index in [1.165, 1.54) is 19.2 Å². The molecule has 1 aliphatic rings. The average molecular weight is 268 g/mol. The van der Waals surface area contributed by atoms with Crippen LogP contribution in [0.5, 0.6) is 11.5 Å². The molecule has 19 heavy (non-hydrogen) atoms. The summed E-state index contributed by atoms with van der Waals surface area (Å²) < 4.78 is 34.0. The van der Waals surface area contributed by atoms with Gasteiger partial charge in [-0.15, -0.1) is 0 Å². The largest absolute Gasteiger partial charge is 0.493 e. The molecule has 1 fully saturated rings. The van der Waals surface area contributed by atoms with Crippen LogP contribution >= 0.6 is 0 Å². The summed E-state index contributed by atoms with van der Waals surface area (Å²) in [4.78, 5) is 0. The summed E-state index contributed by atoms with van der Waals surface area (Å²) in [5.74, 6) is 0.153. The lowest BCUT2D eigenvalue weighted by Gasteiger charge is -2.15. The Balaban J connectivity index is 2.22. The molecule has 0 bridgehead atoms. The normalized spacial score (nSPS) is 15.9. The van der Waals surface area contributed by atoms with Gasteiger partial charge in [-0.05, 0) is 30.5 Å². The van der Waals surface area contributed by atoms with E-state index in [0.717, 1.165) is 12.8 Å². The fourth-order valence-electron chi connectivity index (χ4n) is 1.75. The second-order valence-corrected chi connectivity index (χ2v) is 4.29. The molecule has 4 nitrogen and oxygen atoms in total. The van der Waals surface area contributed by atoms with Crippen molar-refractivity contribution in [2.75, 3.05) is 7.11 Å². The van der Waals surface area contributed by atoms with Gasteiger partial charge in [-0.2, -0.15) is 14.0 Å². The van der Waals surface area contributed by atoms with Gasteiger partial charge in [0.15, 0.2) is 11.5 Å². The number of benzene rings is 1. The van der Waals surface area contributed by atoms with E-state index in [4.69, 9.17) is 10.00 Å². The minimum Gasteiger partial charge on any atom is -0.493 e. The van der Waals surface area contributed by atoms with E-state index in [1.54, 1.807) is 6.07 Å². The topological polar surface area (TPSA) is 54.3 Å². The van der Waals surface area contributed by atoms with Crippen molar-refractivity contribution in [2.45, 2.75) is 31.5 Å². The lowest BCUT2D eigenvalue weighted by Crippen LogP contribution is -2.22. The fraction of sp³-hybridized carbons (Fsp3) is 0.462. The molecule has 1 unspecified atom stereocenters. The first-order valence-electron chi connectivity index (χ1n) is 5.92. The number of nitrogens with zero attached hydrogens (tertiary/aromatic N) is 1. The minimum absolute atomic E-state index is 0.0622. The Morgan fingerprint density at radius 2 is 2.11 bits per heavy atom. The van der Waals surface area contributed by atoms with E-state index in [1.807, 2.05) is 0 Å². The molecule has 102 valence electrons. The van der Waals surface area contributed by atoms with Crippen molar-refractivity contribution in [3.8, 4) is 17.6 Å². The SMILES string of the molecule is COc1ccc(C(C#N)NC2CC2)cc1OC(F)F. The molecule has 6 heteroatoms. The maximum absolute atomic E-state index is 12.3. The Kier molecular flexibility index (Phi) is 4.17. The first-order valence-corrected chi connectivity index (χ1v) is 5.92. The highest BCUT2D eigenvalue weighted by molar-refractivity contribution is 5.45. The maximum Gasteiger partial charge on any atom is 0.387 e. The molecule has 0 amide bonds. The van der Waals surface area contributed by atoms with Gasteiger partial charge in [0.1, 0.15) is 6.04 Å². The molecule has 0 saturated heterocycles. The van der Waals surface area contributed by atoms with Gasteiger partial charge in [0.25, 0.3) is 0 Å². The molecule has 1 aliphatic carbocycles. The third kappa shape index (κ3) is 3.55. The van der Waals surface area contributed by atoms with Gasteiger partial charge < -0.3 is 9.47 Å². The molecular weight excluding hydrogens is 254 g/mol. The summed E-state index contributed by atoms with van der Waals surface area (Å²) >= 11 is 0. The standard InChI is InChI=1S/C13H14F2N2O2/c1-18-11-5-2-8(6-12(11)19-13(14)15)10(7-16)17-9-3-4-9/h2,5-6,9-10,13,17H,3-4H2,1H3. The molecule has 1 saturated carbocycles. The molecule has 0 aromatic heterocycles. The van der Waals surface area contributed by atoms with Crippen LogP contribution in [0.1, 0.15) is 24.4 Å². The summed E-state index contributed by atoms with van der Waals surface area (Å²) in [6, 6.07) is 6.52. The third-order valence-electron chi connectivity index (χ3n) is 2.85. The van der Waals surface area contributed by atoms with Gasteiger partial charge >= 0.3 is 6.61 Å². The van der Waals surface area contributed by atoms with Gasteiger partial charge in [-0.25, -0.2) is 0 Å². The Labute approximate surface area is 109 Å². The highest BCUT2D eigenvalue weighted by Crippen LogP contribution is 2.32. The number of halogens is 2. The monoisotopic (exact) mass is 268 g/mol. The van der Waals surface area contributed by atoms with E-state index >= 15 is 0 Å². The van der Waals surface area contributed by atoms with Gasteiger partial charge in [0.2, 0.25) is 0 Å². The van der Waals surface area contributed by atoms with E-state index in [-0.39, 0.29) is 11.5 Å². The first kappa shape index (κ1) is 13.6. The lowest BCUT2D eigenvalue weighted by molar-refractivity contribution is -0.0512. The number of nitriles is 1. The quantitative estimate of drug-likeness (QED) is 0.861. The van der Waals surface area contributed by atoms with Crippen molar-refractivity contribution in [3.05, 3.63) is 23.8 Å². The Morgan fingerprint density at radius 1 is 1.37 bits per heavy atom. The van der Waals surface area contributed by atoms with E-state index in [0.29, 0.717) is 11.6 Å². The summed E-state index contributed by atoms with van der Waals surface area (Å²) in [7, 11) is 1.37. The predicted octanol–water partition coefficient (Wildman–Crippen LogP) is 2.61. The summed E-state index contributed by atoms with van der Waals surface area (Å²) in [5.41, 5.74) is 0.589. The van der Waals surface area contributed by atoms with Crippen molar-refractivity contribution in [2.24, 2.45) is 0 Å². The zero-order chi connectivity index (χ0) is 13.8. The number of hydrogen-bond acceptors (Lipinski definition) is 4. The lowest BCUT2D eigenvalue weighted by atomic mass is 10.1. The molecule has 1 atom stereocenters. The van der Waals surface area contributed by atoms with Crippen LogP contribution in [0.2, 0.25) is 0 Å². The summed E-state index contributed by atoms with van der Waals surface area (Å²) in [5, 5.41) is 12.3. The second-order valence-electron chi connectivity index (χ2n) is 4.29. The molecule has 0 spiro atoms. The van der Waals surface area contributed by atoms with Gasteiger partial charge in [-0.1, -0.05) is 6.07 Å². The van der Waals surface area contributed by atoms with Gasteiger partial charge in [0.05, 0.1) is 13.2 Å². The number of ether oxygens (including phenoxy) is 2. The van der Waals surface area contributed by atoms with Crippen LogP contribution in [-0.4, -0.2) is 19.8 Å². The number of methoxy groups -OCH3 is 1. The van der Waals surface area contributed by atoms with Crippen molar-refractivity contribution < 1.29 is 18.3 Å². The van der Waals surface area contributed by atoms with E-state index < -0.39 is 12.7 Å². The van der Waals surface area contributed by atoms with Crippen LogP contribution in [0.4, 0.5) is 8.78 Å². The minimum atomic E-state index is -2.93. The molecule has 1 N–H and O–H groups in total. The Bertz CT molecular complexity index is 484. The van der Waals surface area contributed by atoms with Crippen LogP contribution in [-0.2, 0) is 0 Å². The maximum atomic E-state index is 12.3. The van der Waals surface area contributed by atoms with Crippen LogP contribution in [0.25, 0.3) is 0 Å². The van der Waals surface area contributed by atoms with Crippen LogP contribution in [0.3, 0.4) is 0 Å². The van der Waals surface area contributed by atoms with E-state index in [2.05, 4.69) is 16.1 Å². The molecule has 0 aliphatic heterocycles. The second kappa shape index (κ2) is 5.85. The first-order chi connectivity index (χ1) is 9.13. The summed E-state index contributed by atoms with van der Waals surface area (Å²) in [6.45, 7) is -2.93. The van der Waals surface area contributed by atoms with Crippen molar-refractivity contribution in [3.63, 3.8) is 0 Å². The smallest absolute Gasteiger partial charge is 0.387 e. The number of alkyl halides is 2. The molecule has 2 rings (SSSR count). The van der Waals surface area contributed by atoms with Gasteiger partial charge in [0, 0.05) is 6.04 Å². The number of rotatable bonds is 6. The zero-order valence-electron chi connectivity index (χ0n) is 10.4. The van der Waals surface area contributed by atoms with E-state index in [9.17, 15) is 8.78 Å². The van der Waals surface area contributed by atoms with Crippen molar-refractivity contribution >= 4 is 0 Å². The molecule has 1 aromatic carbocycles. The highest BCUT2D eigenvalue weighted by Gasteiger charge is 2.26. The predicted molar refractivity (Wildman–Crippen MR) is 64.1 cm³/mol. The molecule has 0 radical (unpaired) electrons. The molecular formula is C13H14F2N2O2.